The molecule has 328 valence electrons. The summed E-state index contributed by atoms with van der Waals surface area (Å²) in [6.45, 7) is 12.0. The lowest BCUT2D eigenvalue weighted by Gasteiger charge is -2.38. The van der Waals surface area contributed by atoms with Gasteiger partial charge in [0.25, 0.3) is 0 Å². The molecule has 0 radical (unpaired) electrons. The molecule has 0 aromatic carbocycles. The van der Waals surface area contributed by atoms with Gasteiger partial charge < -0.3 is 14.5 Å². The van der Waals surface area contributed by atoms with E-state index in [4.69, 9.17) is 9.57 Å². The van der Waals surface area contributed by atoms with Crippen LogP contribution in [0.2, 0.25) is 0 Å². The van der Waals surface area contributed by atoms with E-state index in [9.17, 15) is 4.79 Å². The van der Waals surface area contributed by atoms with Crippen molar-refractivity contribution >= 4 is 5.97 Å². The number of piperazine rings is 1. The summed E-state index contributed by atoms with van der Waals surface area (Å²) in [5.74, 6) is -0.0703. The van der Waals surface area contributed by atoms with E-state index in [0.29, 0.717) is 13.0 Å². The maximum absolute atomic E-state index is 12.7. The van der Waals surface area contributed by atoms with Crippen LogP contribution < -0.4 is 5.48 Å². The number of esters is 1. The van der Waals surface area contributed by atoms with Crippen LogP contribution >= 0.6 is 0 Å². The van der Waals surface area contributed by atoms with E-state index in [2.05, 4.69) is 48.1 Å². The summed E-state index contributed by atoms with van der Waals surface area (Å²) < 4.78 is 5.82. The molecule has 0 aromatic rings. The summed E-state index contributed by atoms with van der Waals surface area (Å²) in [6, 6.07) is 0. The molecule has 1 unspecified atom stereocenters. The molecule has 1 N–H and O–H groups in total. The number of rotatable bonds is 43. The molecule has 7 heteroatoms. The second-order valence-corrected chi connectivity index (χ2v) is 17.5. The third-order valence-corrected chi connectivity index (χ3v) is 11.9. The highest BCUT2D eigenvalue weighted by Gasteiger charge is 2.26. The zero-order chi connectivity index (χ0) is 39.7. The average molecular weight is 779 g/mol. The van der Waals surface area contributed by atoms with Gasteiger partial charge in [0.15, 0.2) is 6.23 Å². The van der Waals surface area contributed by atoms with Crippen molar-refractivity contribution in [3.05, 3.63) is 0 Å². The summed E-state index contributed by atoms with van der Waals surface area (Å²) in [5.41, 5.74) is 3.26. The van der Waals surface area contributed by atoms with Crippen LogP contribution in [0.15, 0.2) is 0 Å². The van der Waals surface area contributed by atoms with Crippen LogP contribution in [0.1, 0.15) is 232 Å². The van der Waals surface area contributed by atoms with Gasteiger partial charge in [0, 0.05) is 39.1 Å². The van der Waals surface area contributed by atoms with E-state index in [1.165, 1.54) is 193 Å². The SMILES string of the molecule is CCCCCCCCCCCCCCCCCCNOC(COC(=O)CCCCCCCCCCCCCCCCCC)N1CCN(CCCN(C)C)CC1. The zero-order valence-corrected chi connectivity index (χ0v) is 37.8. The van der Waals surface area contributed by atoms with Crippen LogP contribution in [0.4, 0.5) is 0 Å². The Hall–Kier alpha value is -0.730. The molecule has 1 saturated heterocycles. The number of nitrogens with zero attached hydrogens (tertiary/aromatic N) is 3. The summed E-state index contributed by atoms with van der Waals surface area (Å²) in [7, 11) is 4.29. The fourth-order valence-electron chi connectivity index (χ4n) is 8.05. The first-order valence-electron chi connectivity index (χ1n) is 24.7. The van der Waals surface area contributed by atoms with Crippen LogP contribution in [-0.4, -0.2) is 93.4 Å². The molecule has 1 aliphatic rings. The van der Waals surface area contributed by atoms with Gasteiger partial charge in [0.1, 0.15) is 6.61 Å². The maximum atomic E-state index is 12.7. The second-order valence-electron chi connectivity index (χ2n) is 17.5. The fourth-order valence-corrected chi connectivity index (χ4v) is 8.05. The Morgan fingerprint density at radius 2 is 0.909 bits per heavy atom. The number of unbranched alkanes of at least 4 members (excludes halogenated alkanes) is 30. The molecular formula is C48H98N4O3. The smallest absolute Gasteiger partial charge is 0.305 e. The van der Waals surface area contributed by atoms with Crippen molar-refractivity contribution in [2.45, 2.75) is 238 Å². The first-order chi connectivity index (χ1) is 27.1. The van der Waals surface area contributed by atoms with Crippen LogP contribution in [0.3, 0.4) is 0 Å². The van der Waals surface area contributed by atoms with E-state index in [1.807, 2.05) is 0 Å². The largest absolute Gasteiger partial charge is 0.461 e. The molecule has 0 spiro atoms. The van der Waals surface area contributed by atoms with Gasteiger partial charge in [-0.05, 0) is 46.4 Å². The predicted octanol–water partition coefficient (Wildman–Crippen LogP) is 12.9. The van der Waals surface area contributed by atoms with Crippen molar-refractivity contribution in [2.24, 2.45) is 0 Å². The molecule has 0 bridgehead atoms. The van der Waals surface area contributed by atoms with Gasteiger partial charge in [-0.15, -0.1) is 0 Å². The summed E-state index contributed by atoms with van der Waals surface area (Å²) in [5, 5.41) is 0. The molecule has 0 saturated carbocycles. The summed E-state index contributed by atoms with van der Waals surface area (Å²) in [4.78, 5) is 26.1. The highest BCUT2D eigenvalue weighted by molar-refractivity contribution is 5.69. The van der Waals surface area contributed by atoms with Gasteiger partial charge in [-0.1, -0.05) is 206 Å². The van der Waals surface area contributed by atoms with E-state index < -0.39 is 0 Å². The average Bonchev–Trinajstić information content (AvgIpc) is 3.18. The minimum Gasteiger partial charge on any atom is -0.461 e. The first kappa shape index (κ1) is 52.3. The van der Waals surface area contributed by atoms with Crippen LogP contribution in [0.25, 0.3) is 0 Å². The van der Waals surface area contributed by atoms with Gasteiger partial charge in [0.05, 0.1) is 0 Å². The Morgan fingerprint density at radius 1 is 0.527 bits per heavy atom. The van der Waals surface area contributed by atoms with E-state index in [0.717, 1.165) is 65.1 Å². The number of ether oxygens (including phenoxy) is 1. The van der Waals surface area contributed by atoms with Gasteiger partial charge in [-0.3, -0.25) is 14.5 Å². The van der Waals surface area contributed by atoms with Crippen molar-refractivity contribution in [3.8, 4) is 0 Å². The lowest BCUT2D eigenvalue weighted by atomic mass is 10.0. The zero-order valence-electron chi connectivity index (χ0n) is 37.8. The van der Waals surface area contributed by atoms with Gasteiger partial charge >= 0.3 is 5.97 Å². The van der Waals surface area contributed by atoms with E-state index in [-0.39, 0.29) is 12.2 Å². The lowest BCUT2D eigenvalue weighted by molar-refractivity contribution is -0.169. The molecule has 1 heterocycles. The minimum atomic E-state index is -0.222. The fraction of sp³-hybridized carbons (Fsp3) is 0.979. The summed E-state index contributed by atoms with van der Waals surface area (Å²) in [6.07, 6.45) is 45.1. The predicted molar refractivity (Wildman–Crippen MR) is 239 cm³/mol. The normalized spacial score (nSPS) is 14.6. The molecule has 0 aromatic heterocycles. The van der Waals surface area contributed by atoms with Crippen molar-refractivity contribution in [3.63, 3.8) is 0 Å². The Kier molecular flexibility index (Phi) is 39.4. The van der Waals surface area contributed by atoms with E-state index in [1.54, 1.807) is 0 Å². The third kappa shape index (κ3) is 36.1. The second kappa shape index (κ2) is 41.4. The van der Waals surface area contributed by atoms with Crippen LogP contribution in [-0.2, 0) is 14.4 Å². The Balaban J connectivity index is 2.15. The molecule has 1 atom stereocenters. The maximum Gasteiger partial charge on any atom is 0.305 e. The number of hydrogen-bond acceptors (Lipinski definition) is 7. The van der Waals surface area contributed by atoms with Gasteiger partial charge in [-0.2, -0.15) is 0 Å². The van der Waals surface area contributed by atoms with Crippen molar-refractivity contribution in [2.75, 3.05) is 66.5 Å². The highest BCUT2D eigenvalue weighted by atomic mass is 16.7. The number of hydroxylamine groups is 1. The molecule has 55 heavy (non-hydrogen) atoms. The Bertz CT molecular complexity index is 776. The van der Waals surface area contributed by atoms with Gasteiger partial charge in [0.2, 0.25) is 0 Å². The van der Waals surface area contributed by atoms with Crippen molar-refractivity contribution < 1.29 is 14.4 Å². The molecule has 1 aliphatic heterocycles. The Labute approximate surface area is 344 Å². The quantitative estimate of drug-likeness (QED) is 0.0376. The van der Waals surface area contributed by atoms with Crippen molar-refractivity contribution in [1.29, 1.82) is 0 Å². The first-order valence-corrected chi connectivity index (χ1v) is 24.7. The molecule has 7 nitrogen and oxygen atoms in total. The monoisotopic (exact) mass is 779 g/mol. The van der Waals surface area contributed by atoms with Crippen LogP contribution in [0.5, 0.6) is 0 Å². The molecule has 1 rings (SSSR count). The molecule has 0 amide bonds. The number of nitrogens with one attached hydrogen (secondary N) is 1. The van der Waals surface area contributed by atoms with E-state index >= 15 is 0 Å². The molecule has 1 fully saturated rings. The number of carbonyl (C=O) groups is 1. The van der Waals surface area contributed by atoms with Gasteiger partial charge in [-0.25, -0.2) is 5.48 Å². The summed E-state index contributed by atoms with van der Waals surface area (Å²) >= 11 is 0. The highest BCUT2D eigenvalue weighted by Crippen LogP contribution is 2.16. The number of carbonyl (C=O) groups excluding carboxylic acids is 1. The van der Waals surface area contributed by atoms with Crippen molar-refractivity contribution in [1.82, 2.24) is 20.2 Å². The molecule has 0 aliphatic carbocycles. The third-order valence-electron chi connectivity index (χ3n) is 11.9. The van der Waals surface area contributed by atoms with Crippen LogP contribution in [0, 0.1) is 0 Å². The minimum absolute atomic E-state index is 0.0703. The standard InChI is InChI=1S/C48H98N4O3/c1-5-7-9-11-13-15-17-19-21-23-25-27-29-31-33-35-38-48(53)54-46-47(52-44-42-51(43-45-52)41-37-40-50(3)4)55-49-39-36-34-32-30-28-26-24-22-20-18-16-14-12-10-8-6-2/h47,49H,5-46H2,1-4H3. The number of hydrogen-bond donors (Lipinski definition) is 1. The lowest BCUT2D eigenvalue weighted by Crippen LogP contribution is -2.54. The molecular weight excluding hydrogens is 681 g/mol. The topological polar surface area (TPSA) is 57.3 Å². The Morgan fingerprint density at radius 3 is 1.31 bits per heavy atom.